The van der Waals surface area contributed by atoms with Gasteiger partial charge in [0.05, 0.1) is 5.69 Å². The monoisotopic (exact) mass is 517 g/mol. The van der Waals surface area contributed by atoms with Crippen molar-refractivity contribution in [1.82, 2.24) is 39.8 Å². The van der Waals surface area contributed by atoms with Crippen LogP contribution in [0.2, 0.25) is 0 Å². The average Bonchev–Trinajstić information content (AvgIpc) is 3.50. The van der Waals surface area contributed by atoms with Crippen LogP contribution in [-0.4, -0.2) is 71.0 Å². The Kier molecular flexibility index (Phi) is 6.98. The number of imidazole rings is 1. The summed E-state index contributed by atoms with van der Waals surface area (Å²) in [5, 5.41) is 11.1. The van der Waals surface area contributed by atoms with Gasteiger partial charge in [-0.2, -0.15) is 5.10 Å². The minimum Gasteiger partial charge on any atom is -0.486 e. The lowest BCUT2D eigenvalue weighted by atomic mass is 10.1. The molecule has 0 atom stereocenters. The second kappa shape index (κ2) is 10.5. The molecule has 4 aromatic rings. The number of nitrogens with two attached hydrogens (primary N) is 1. The van der Waals surface area contributed by atoms with Gasteiger partial charge in [0.1, 0.15) is 19.5 Å². The van der Waals surface area contributed by atoms with Crippen LogP contribution < -0.4 is 25.2 Å². The molecule has 0 spiro atoms. The van der Waals surface area contributed by atoms with Gasteiger partial charge >= 0.3 is 0 Å². The van der Waals surface area contributed by atoms with Crippen molar-refractivity contribution in [2.75, 3.05) is 38.6 Å². The number of nitrogen functional groups attached to an aromatic ring is 1. The summed E-state index contributed by atoms with van der Waals surface area (Å²) in [5.41, 5.74) is 8.84. The lowest BCUT2D eigenvalue weighted by molar-refractivity contribution is 0.171. The van der Waals surface area contributed by atoms with E-state index in [2.05, 4.69) is 30.2 Å². The van der Waals surface area contributed by atoms with E-state index in [1.807, 2.05) is 22.8 Å². The molecule has 15 heteroatoms. The molecule has 0 radical (unpaired) electrons. The first-order valence-electron chi connectivity index (χ1n) is 10.8. The van der Waals surface area contributed by atoms with Gasteiger partial charge in [-0.3, -0.25) is 5.10 Å². The first-order chi connectivity index (χ1) is 17.1. The Morgan fingerprint density at radius 1 is 1.14 bits per heavy atom. The number of hydrogen-bond donors (Lipinski definition) is 5. The van der Waals surface area contributed by atoms with E-state index in [0.717, 1.165) is 16.2 Å². The number of benzene rings is 1. The molecule has 0 unspecified atom stereocenters. The van der Waals surface area contributed by atoms with Crippen LogP contribution in [0.5, 0.6) is 11.5 Å². The maximum atomic E-state index is 10.7. The number of aromatic amines is 1. The van der Waals surface area contributed by atoms with E-state index in [9.17, 15) is 8.42 Å². The van der Waals surface area contributed by atoms with E-state index >= 15 is 0 Å². The zero-order valence-electron chi connectivity index (χ0n) is 18.4. The second-order valence-electron chi connectivity index (χ2n) is 7.45. The van der Waals surface area contributed by atoms with Gasteiger partial charge in [-0.15, -0.1) is 0 Å². The largest absolute Gasteiger partial charge is 0.486 e. The Bertz CT molecular complexity index is 1400. The molecular formula is C20H23N9O4S2. The minimum atomic E-state index is -2.61. The highest BCUT2D eigenvalue weighted by molar-refractivity contribution is 7.99. The predicted molar refractivity (Wildman–Crippen MR) is 130 cm³/mol. The molecule has 13 nitrogen and oxygen atoms in total. The predicted octanol–water partition coefficient (Wildman–Crippen LogP) is 0.427. The fraction of sp³-hybridized carbons (Fsp3) is 0.300. The Balaban J connectivity index is 1.47. The van der Waals surface area contributed by atoms with Crippen LogP contribution in [-0.2, 0) is 17.4 Å². The van der Waals surface area contributed by atoms with Crippen LogP contribution in [0.4, 0.5) is 5.82 Å². The number of aromatic nitrogens is 6. The van der Waals surface area contributed by atoms with Gasteiger partial charge in [-0.25, -0.2) is 28.1 Å². The zero-order chi connectivity index (χ0) is 24.2. The highest BCUT2D eigenvalue weighted by Gasteiger charge is 2.22. The van der Waals surface area contributed by atoms with Crippen molar-refractivity contribution in [3.8, 4) is 22.8 Å². The molecule has 4 heterocycles. The Morgan fingerprint density at radius 3 is 2.74 bits per heavy atom. The first-order valence-corrected chi connectivity index (χ1v) is 12.8. The van der Waals surface area contributed by atoms with Crippen molar-refractivity contribution in [2.45, 2.75) is 16.6 Å². The lowest BCUT2D eigenvalue weighted by Crippen LogP contribution is -2.29. The number of hydrogen-bond acceptors (Lipinski definition) is 11. The van der Waals surface area contributed by atoms with E-state index in [4.69, 9.17) is 20.2 Å². The number of anilines is 1. The average molecular weight is 518 g/mol. The third-order valence-electron chi connectivity index (χ3n) is 5.20. The molecule has 0 amide bonds. The quantitative estimate of drug-likeness (QED) is 0.146. The molecule has 0 fully saturated rings. The third-order valence-corrected chi connectivity index (χ3v) is 6.74. The summed E-state index contributed by atoms with van der Waals surface area (Å²) >= 11 is 1.44. The summed E-state index contributed by atoms with van der Waals surface area (Å²) in [6, 6.07) is 5.73. The molecule has 35 heavy (non-hydrogen) atoms. The van der Waals surface area contributed by atoms with Crippen molar-refractivity contribution in [1.29, 1.82) is 0 Å². The van der Waals surface area contributed by atoms with E-state index < -0.39 is 10.9 Å². The number of thiol groups is 1. The van der Waals surface area contributed by atoms with Crippen molar-refractivity contribution >= 4 is 39.6 Å². The molecule has 1 aliphatic rings. The molecule has 5 rings (SSSR count). The van der Waals surface area contributed by atoms with Crippen LogP contribution >= 0.6 is 11.8 Å². The summed E-state index contributed by atoms with van der Waals surface area (Å²) in [6.45, 7) is 2.85. The summed E-state index contributed by atoms with van der Waals surface area (Å²) in [4.78, 5) is 14.1. The second-order valence-corrected chi connectivity index (χ2v) is 9.29. The summed E-state index contributed by atoms with van der Waals surface area (Å²) in [6.07, 6.45) is 3.17. The van der Waals surface area contributed by atoms with Crippen LogP contribution in [0.15, 0.2) is 40.8 Å². The van der Waals surface area contributed by atoms with Gasteiger partial charge in [-0.05, 0) is 18.2 Å². The molecule has 0 bridgehead atoms. The topological polar surface area (TPSA) is 175 Å². The van der Waals surface area contributed by atoms with E-state index in [1.54, 1.807) is 6.20 Å². The van der Waals surface area contributed by atoms with E-state index in [1.165, 1.54) is 18.1 Å². The number of nitrogens with zero attached hydrogens (tertiary/aromatic N) is 5. The van der Waals surface area contributed by atoms with Gasteiger partial charge < -0.3 is 25.1 Å². The normalized spacial score (nSPS) is 13.1. The van der Waals surface area contributed by atoms with Crippen molar-refractivity contribution in [3.63, 3.8) is 0 Å². The maximum Gasteiger partial charge on any atom is 0.201 e. The third kappa shape index (κ3) is 5.17. The van der Waals surface area contributed by atoms with Crippen LogP contribution in [0.1, 0.15) is 0 Å². The highest BCUT2D eigenvalue weighted by Crippen LogP contribution is 2.43. The number of H-pyrrole nitrogens is 1. The minimum absolute atomic E-state index is 0.293. The molecule has 3 aromatic heterocycles. The highest BCUT2D eigenvalue weighted by atomic mass is 32.2. The summed E-state index contributed by atoms with van der Waals surface area (Å²) in [5.74, 6) is 1.62. The first kappa shape index (κ1) is 23.3. The number of fused-ring (bicyclic) bond motifs is 2. The number of nitrogens with one attached hydrogen (secondary N) is 3. The molecule has 184 valence electrons. The Hall–Kier alpha value is -3.40. The van der Waals surface area contributed by atoms with Gasteiger partial charge in [0, 0.05) is 42.8 Å². The van der Waals surface area contributed by atoms with Crippen molar-refractivity contribution in [3.05, 3.63) is 30.7 Å². The Morgan fingerprint density at radius 2 is 1.97 bits per heavy atom. The van der Waals surface area contributed by atoms with Gasteiger partial charge in [0.2, 0.25) is 10.9 Å². The van der Waals surface area contributed by atoms with E-state index in [-0.39, 0.29) is 0 Å². The lowest BCUT2D eigenvalue weighted by Gasteiger charge is -2.20. The molecule has 1 aromatic carbocycles. The summed E-state index contributed by atoms with van der Waals surface area (Å²) in [7, 11) is -2.61. The van der Waals surface area contributed by atoms with Gasteiger partial charge in [0.15, 0.2) is 33.6 Å². The molecule has 1 aliphatic heterocycles. The van der Waals surface area contributed by atoms with Crippen LogP contribution in [0.25, 0.3) is 22.4 Å². The van der Waals surface area contributed by atoms with Crippen molar-refractivity contribution < 1.29 is 17.9 Å². The zero-order valence-corrected chi connectivity index (χ0v) is 20.1. The summed E-state index contributed by atoms with van der Waals surface area (Å²) < 4.78 is 37.2. The van der Waals surface area contributed by atoms with Gasteiger partial charge in [-0.1, -0.05) is 11.8 Å². The van der Waals surface area contributed by atoms with E-state index in [0.29, 0.717) is 73.0 Å². The maximum absolute atomic E-state index is 10.7. The van der Waals surface area contributed by atoms with Crippen LogP contribution in [0, 0.1) is 0 Å². The van der Waals surface area contributed by atoms with Crippen LogP contribution in [0.3, 0.4) is 0 Å². The van der Waals surface area contributed by atoms with Crippen molar-refractivity contribution in [2.24, 2.45) is 0 Å². The number of ether oxygens (including phenoxy) is 2. The standard InChI is InChI=1S/C20H23N9O4S2/c21-18-17-19(24-11-23-18)29(6-5-22-3-4-26-35(30)31)20(27-17)34-16-10-15-14(32-7-8-33-15)9-12(16)13-1-2-25-28-13/h1-2,9-11,22,35H,3-8H2,(H,25,28)(H2,21,23,24)(H,26,30,31). The molecule has 0 saturated heterocycles. The molecule has 5 N–H and O–H groups in total. The van der Waals surface area contributed by atoms with Gasteiger partial charge in [0.25, 0.3) is 0 Å². The smallest absolute Gasteiger partial charge is 0.201 e. The Labute approximate surface area is 205 Å². The molecule has 0 aliphatic carbocycles. The SMILES string of the molecule is Nc1ncnc2c1nc(Sc1cc3c(cc1-c1cc[nH]n1)OCCO3)n2CCNCCN[SH](=O)=O. The number of rotatable bonds is 10. The molecular weight excluding hydrogens is 494 g/mol. The fourth-order valence-corrected chi connectivity index (χ4v) is 4.98. The fourth-order valence-electron chi connectivity index (χ4n) is 3.63. The molecule has 0 saturated carbocycles.